The molecule has 2 amide bonds. The summed E-state index contributed by atoms with van der Waals surface area (Å²) < 4.78 is 10.6. The van der Waals surface area contributed by atoms with Gasteiger partial charge in [0, 0.05) is 0 Å². The highest BCUT2D eigenvalue weighted by molar-refractivity contribution is 5.97. The zero-order valence-electron chi connectivity index (χ0n) is 22.0. The summed E-state index contributed by atoms with van der Waals surface area (Å²) in [5.41, 5.74) is 1.45. The number of ether oxygens (including phenoxy) is 2. The lowest BCUT2D eigenvalue weighted by atomic mass is 9.91. The van der Waals surface area contributed by atoms with E-state index in [1.165, 1.54) is 13.0 Å². The lowest BCUT2D eigenvalue weighted by molar-refractivity contribution is -0.159. The van der Waals surface area contributed by atoms with Gasteiger partial charge < -0.3 is 25.2 Å². The Morgan fingerprint density at radius 2 is 1.64 bits per heavy atom. The van der Waals surface area contributed by atoms with Crippen LogP contribution in [0.1, 0.15) is 59.1 Å². The van der Waals surface area contributed by atoms with Crippen LogP contribution in [-0.4, -0.2) is 34.7 Å². The number of alkyl carbamates (subject to hydrolysis) is 1. The fraction of sp³-hybridized carbons (Fsp3) is 0.464. The van der Waals surface area contributed by atoms with E-state index in [0.29, 0.717) is 12.8 Å². The Labute approximate surface area is 213 Å². The molecule has 0 saturated carbocycles. The quantitative estimate of drug-likeness (QED) is 0.307. The molecule has 0 aromatic heterocycles. The smallest absolute Gasteiger partial charge is 0.408 e. The summed E-state index contributed by atoms with van der Waals surface area (Å²) in [6.07, 6.45) is 0.576. The Morgan fingerprint density at radius 3 is 2.28 bits per heavy atom. The molecule has 2 aromatic rings. The van der Waals surface area contributed by atoms with Gasteiger partial charge in [0.1, 0.15) is 24.0 Å². The van der Waals surface area contributed by atoms with Gasteiger partial charge in [-0.15, -0.1) is 0 Å². The minimum atomic E-state index is -0.884. The molecule has 8 nitrogen and oxygen atoms in total. The first-order valence-corrected chi connectivity index (χ1v) is 12.2. The molecule has 2 rings (SSSR count). The second kappa shape index (κ2) is 13.0. The Hall–Kier alpha value is -3.55. The molecular weight excluding hydrogens is 460 g/mol. The maximum absolute atomic E-state index is 12.6. The molecule has 0 spiro atoms. The summed E-state index contributed by atoms with van der Waals surface area (Å²) in [5.74, 6) is -0.882. The maximum atomic E-state index is 12.6. The van der Waals surface area contributed by atoms with Gasteiger partial charge in [0.15, 0.2) is 0 Å². The van der Waals surface area contributed by atoms with Crippen molar-refractivity contribution in [2.75, 3.05) is 5.32 Å². The molecule has 0 aliphatic carbocycles. The van der Waals surface area contributed by atoms with Gasteiger partial charge in [0.2, 0.25) is 5.91 Å². The third kappa shape index (κ3) is 9.98. The average molecular weight is 499 g/mol. The van der Waals surface area contributed by atoms with Gasteiger partial charge in [-0.2, -0.15) is 0 Å². The zero-order valence-corrected chi connectivity index (χ0v) is 22.0. The third-order valence-corrected chi connectivity index (χ3v) is 5.41. The van der Waals surface area contributed by atoms with Crippen LogP contribution in [0.5, 0.6) is 5.75 Å². The summed E-state index contributed by atoms with van der Waals surface area (Å²) >= 11 is 0. The molecule has 0 saturated heterocycles. The van der Waals surface area contributed by atoms with Crippen LogP contribution in [-0.2, 0) is 32.1 Å². The number of nitrogens with one attached hydrogen (secondary N) is 2. The molecule has 0 fully saturated rings. The summed E-state index contributed by atoms with van der Waals surface area (Å²) in [5, 5.41) is 15.4. The minimum absolute atomic E-state index is 0.0827. The first-order valence-electron chi connectivity index (χ1n) is 12.2. The van der Waals surface area contributed by atoms with Crippen LogP contribution in [0.15, 0.2) is 48.5 Å². The van der Waals surface area contributed by atoms with Crippen LogP contribution in [0.4, 0.5) is 10.5 Å². The predicted octanol–water partition coefficient (Wildman–Crippen LogP) is 5.19. The standard InChI is InChI=1S/C28H38N2O6/c1-18(14-19(2)26(33)36-28(4,5)6)15-22-12-13-24(31)23(16-22)30-25(32)20(3)29-27(34)35-17-21-10-8-7-9-11-21/h7-13,16,18-20,31H,14-15,17H2,1-6H3,(H,29,34)(H,30,32)/t18-,19?,20+/m1/s1. The van der Waals surface area contributed by atoms with E-state index in [2.05, 4.69) is 10.6 Å². The van der Waals surface area contributed by atoms with E-state index in [1.807, 2.05) is 65.0 Å². The Balaban J connectivity index is 1.89. The second-order valence-electron chi connectivity index (χ2n) is 10.2. The number of rotatable bonds is 10. The predicted molar refractivity (Wildman–Crippen MR) is 138 cm³/mol. The second-order valence-corrected chi connectivity index (χ2v) is 10.2. The number of esters is 1. The van der Waals surface area contributed by atoms with E-state index in [0.717, 1.165) is 11.1 Å². The SMILES string of the molecule is CC(C[C@@H](C)Cc1ccc(O)c(NC(=O)[C@H](C)NC(=O)OCc2ccccc2)c1)C(=O)OC(C)(C)C. The number of benzene rings is 2. The molecule has 196 valence electrons. The Morgan fingerprint density at radius 1 is 0.972 bits per heavy atom. The van der Waals surface area contributed by atoms with Crippen molar-refractivity contribution in [2.24, 2.45) is 11.8 Å². The van der Waals surface area contributed by atoms with Crippen molar-refractivity contribution in [1.82, 2.24) is 5.32 Å². The van der Waals surface area contributed by atoms with Gasteiger partial charge in [-0.25, -0.2) is 4.79 Å². The van der Waals surface area contributed by atoms with E-state index < -0.39 is 23.6 Å². The molecular formula is C28H38N2O6. The number of aromatic hydroxyl groups is 1. The number of amides is 2. The van der Waals surface area contributed by atoms with E-state index in [1.54, 1.807) is 12.1 Å². The van der Waals surface area contributed by atoms with E-state index >= 15 is 0 Å². The van der Waals surface area contributed by atoms with Crippen LogP contribution in [0.2, 0.25) is 0 Å². The molecule has 1 unspecified atom stereocenters. The Bertz CT molecular complexity index is 1030. The fourth-order valence-corrected chi connectivity index (χ4v) is 3.65. The van der Waals surface area contributed by atoms with Gasteiger partial charge in [0.05, 0.1) is 11.6 Å². The van der Waals surface area contributed by atoms with Gasteiger partial charge in [-0.3, -0.25) is 9.59 Å². The summed E-state index contributed by atoms with van der Waals surface area (Å²) in [7, 11) is 0. The maximum Gasteiger partial charge on any atom is 0.408 e. The molecule has 0 heterocycles. The molecule has 0 aliphatic rings. The molecule has 36 heavy (non-hydrogen) atoms. The summed E-state index contributed by atoms with van der Waals surface area (Å²) in [4.78, 5) is 36.9. The monoisotopic (exact) mass is 498 g/mol. The van der Waals surface area contributed by atoms with E-state index in [9.17, 15) is 19.5 Å². The fourth-order valence-electron chi connectivity index (χ4n) is 3.65. The van der Waals surface area contributed by atoms with Gasteiger partial charge >= 0.3 is 12.1 Å². The van der Waals surface area contributed by atoms with Crippen molar-refractivity contribution in [2.45, 2.75) is 72.6 Å². The number of hydrogen-bond acceptors (Lipinski definition) is 6. The van der Waals surface area contributed by atoms with Gasteiger partial charge in [0.25, 0.3) is 0 Å². The highest BCUT2D eigenvalue weighted by atomic mass is 16.6. The van der Waals surface area contributed by atoms with E-state index in [-0.39, 0.29) is 35.8 Å². The molecule has 2 aromatic carbocycles. The minimum Gasteiger partial charge on any atom is -0.506 e. The number of phenolic OH excluding ortho intramolecular Hbond substituents is 1. The molecule has 0 radical (unpaired) electrons. The largest absolute Gasteiger partial charge is 0.506 e. The van der Waals surface area contributed by atoms with Crippen molar-refractivity contribution < 1.29 is 29.0 Å². The summed E-state index contributed by atoms with van der Waals surface area (Å²) in [6.45, 7) is 11.0. The first kappa shape index (κ1) is 28.7. The molecule has 3 atom stereocenters. The lowest BCUT2D eigenvalue weighted by Gasteiger charge is -2.23. The highest BCUT2D eigenvalue weighted by Crippen LogP contribution is 2.27. The number of hydrogen-bond donors (Lipinski definition) is 3. The van der Waals surface area contributed by atoms with Gasteiger partial charge in [-0.1, -0.05) is 50.2 Å². The Kier molecular flexibility index (Phi) is 10.3. The first-order chi connectivity index (χ1) is 16.8. The van der Waals surface area contributed by atoms with Crippen molar-refractivity contribution in [3.63, 3.8) is 0 Å². The molecule has 0 aliphatic heterocycles. The number of carbonyl (C=O) groups excluding carboxylic acids is 3. The van der Waals surface area contributed by atoms with Crippen molar-refractivity contribution >= 4 is 23.7 Å². The average Bonchev–Trinajstić information content (AvgIpc) is 2.79. The molecule has 8 heteroatoms. The van der Waals surface area contributed by atoms with E-state index in [4.69, 9.17) is 9.47 Å². The topological polar surface area (TPSA) is 114 Å². The summed E-state index contributed by atoms with van der Waals surface area (Å²) in [6, 6.07) is 13.3. The molecule has 3 N–H and O–H groups in total. The highest BCUT2D eigenvalue weighted by Gasteiger charge is 2.24. The van der Waals surface area contributed by atoms with Crippen LogP contribution in [0, 0.1) is 11.8 Å². The zero-order chi connectivity index (χ0) is 26.9. The van der Waals surface area contributed by atoms with Gasteiger partial charge in [-0.05, 0) is 69.7 Å². The van der Waals surface area contributed by atoms with Crippen LogP contribution in [0.3, 0.4) is 0 Å². The normalized spacial score (nSPS) is 13.7. The number of phenols is 1. The molecule has 0 bridgehead atoms. The third-order valence-electron chi connectivity index (χ3n) is 5.41. The van der Waals surface area contributed by atoms with Crippen molar-refractivity contribution in [1.29, 1.82) is 0 Å². The van der Waals surface area contributed by atoms with Crippen LogP contribution < -0.4 is 10.6 Å². The van der Waals surface area contributed by atoms with Crippen molar-refractivity contribution in [3.05, 3.63) is 59.7 Å². The van der Waals surface area contributed by atoms with Crippen LogP contribution in [0.25, 0.3) is 0 Å². The lowest BCUT2D eigenvalue weighted by Crippen LogP contribution is -2.41. The van der Waals surface area contributed by atoms with Crippen LogP contribution >= 0.6 is 0 Å². The number of anilines is 1. The van der Waals surface area contributed by atoms with Crippen molar-refractivity contribution in [3.8, 4) is 5.75 Å². The number of carbonyl (C=O) groups is 3.